The van der Waals surface area contributed by atoms with Gasteiger partial charge in [-0.3, -0.25) is 0 Å². The first kappa shape index (κ1) is 14.7. The molecule has 0 unspecified atom stereocenters. The molecule has 0 atom stereocenters. The fraction of sp³-hybridized carbons (Fsp3) is 0.250. The number of ether oxygens (including phenoxy) is 1. The average molecular weight is 239 g/mol. The van der Waals surface area contributed by atoms with Crippen molar-refractivity contribution in [3.63, 3.8) is 0 Å². The van der Waals surface area contributed by atoms with Crippen molar-refractivity contribution in [1.29, 1.82) is 0 Å². The van der Waals surface area contributed by atoms with Gasteiger partial charge in [0.05, 0.1) is 28.7 Å². The Morgan fingerprint density at radius 2 is 2.07 bits per heavy atom. The third-order valence-electron chi connectivity index (χ3n) is 1.64. The summed E-state index contributed by atoms with van der Waals surface area (Å²) in [6, 6.07) is 4.41. The number of anilines is 1. The number of methoxy groups -OCH3 is 1. The minimum Gasteiger partial charge on any atom is -0.748 e. The van der Waals surface area contributed by atoms with E-state index in [-0.39, 0.29) is 29.6 Å². The molecule has 0 saturated heterocycles. The van der Waals surface area contributed by atoms with Crippen molar-refractivity contribution in [1.82, 2.24) is 0 Å². The van der Waals surface area contributed by atoms with Gasteiger partial charge in [0.15, 0.2) is 0 Å². The van der Waals surface area contributed by atoms with Gasteiger partial charge in [-0.1, -0.05) is 6.07 Å². The zero-order valence-electron chi connectivity index (χ0n) is 8.56. The molecule has 0 amide bonds. The maximum Gasteiger partial charge on any atom is 1.00 e. The molecule has 5 nitrogen and oxygen atoms in total. The first-order valence-corrected chi connectivity index (χ1v) is 5.36. The third kappa shape index (κ3) is 4.85. The quantitative estimate of drug-likeness (QED) is 0.353. The van der Waals surface area contributed by atoms with Crippen LogP contribution in [-0.2, 0) is 15.9 Å². The summed E-state index contributed by atoms with van der Waals surface area (Å²) in [6.45, 7) is 0. The largest absolute Gasteiger partial charge is 1.00 e. The summed E-state index contributed by atoms with van der Waals surface area (Å²) < 4.78 is 36.3. The second-order valence-electron chi connectivity index (χ2n) is 2.78. The number of hydrogen-bond acceptors (Lipinski definition) is 5. The van der Waals surface area contributed by atoms with Crippen molar-refractivity contribution in [3.8, 4) is 5.75 Å². The molecule has 78 valence electrons. The van der Waals surface area contributed by atoms with Gasteiger partial charge in [-0.25, -0.2) is 8.42 Å². The minimum absolute atomic E-state index is 0. The molecule has 0 saturated carbocycles. The normalized spacial score (nSPS) is 10.5. The maximum atomic E-state index is 10.5. The number of nitrogen functional groups attached to an aromatic ring is 1. The van der Waals surface area contributed by atoms with Gasteiger partial charge in [0, 0.05) is 0 Å². The van der Waals surface area contributed by atoms with Crippen LogP contribution in [0.2, 0.25) is 0 Å². The molecule has 15 heavy (non-hydrogen) atoms. The Labute approximate surface area is 111 Å². The average Bonchev–Trinajstić information content (AvgIpc) is 2.06. The van der Waals surface area contributed by atoms with E-state index in [1.165, 1.54) is 25.3 Å². The van der Waals surface area contributed by atoms with E-state index in [1.807, 2.05) is 0 Å². The van der Waals surface area contributed by atoms with Crippen LogP contribution in [0.3, 0.4) is 0 Å². The summed E-state index contributed by atoms with van der Waals surface area (Å²) in [4.78, 5) is 0. The summed E-state index contributed by atoms with van der Waals surface area (Å²) in [5, 5.41) is 0. The van der Waals surface area contributed by atoms with Crippen LogP contribution in [0.5, 0.6) is 5.75 Å². The second kappa shape index (κ2) is 5.72. The smallest absolute Gasteiger partial charge is 0.748 e. The first-order chi connectivity index (χ1) is 6.42. The van der Waals surface area contributed by atoms with Crippen LogP contribution in [0, 0.1) is 0 Å². The summed E-state index contributed by atoms with van der Waals surface area (Å²) in [5.41, 5.74) is 6.28. The van der Waals surface area contributed by atoms with Crippen LogP contribution in [0.1, 0.15) is 5.56 Å². The molecule has 1 aromatic carbocycles. The van der Waals surface area contributed by atoms with Crippen LogP contribution < -0.4 is 40.0 Å². The fourth-order valence-corrected chi connectivity index (χ4v) is 1.64. The summed E-state index contributed by atoms with van der Waals surface area (Å²) in [6.07, 6.45) is 0. The Morgan fingerprint density at radius 3 is 2.53 bits per heavy atom. The molecule has 7 heteroatoms. The van der Waals surface area contributed by atoms with Crippen LogP contribution in [0.15, 0.2) is 18.2 Å². The molecule has 0 spiro atoms. The van der Waals surface area contributed by atoms with Crippen LogP contribution >= 0.6 is 0 Å². The van der Waals surface area contributed by atoms with Crippen molar-refractivity contribution in [2.75, 3.05) is 12.8 Å². The predicted molar refractivity (Wildman–Crippen MR) is 50.8 cm³/mol. The number of benzene rings is 1. The van der Waals surface area contributed by atoms with Gasteiger partial charge in [-0.2, -0.15) is 0 Å². The molecule has 0 aliphatic rings. The standard InChI is InChI=1S/C8H11NO4S.Na/c1-13-8-4-6(2-3-7(8)9)5-14(10,11)12;/h2-4H,5,9H2,1H3,(H,10,11,12);/q;+1/p-1. The number of rotatable bonds is 3. The van der Waals surface area contributed by atoms with Crippen molar-refractivity contribution in [3.05, 3.63) is 23.8 Å². The van der Waals surface area contributed by atoms with Gasteiger partial charge in [-0.05, 0) is 17.7 Å². The molecule has 0 fully saturated rings. The van der Waals surface area contributed by atoms with Crippen molar-refractivity contribution < 1.29 is 47.3 Å². The summed E-state index contributed by atoms with van der Waals surface area (Å²) >= 11 is 0. The van der Waals surface area contributed by atoms with Gasteiger partial charge in [0.25, 0.3) is 0 Å². The van der Waals surface area contributed by atoms with Gasteiger partial charge in [0.1, 0.15) is 5.75 Å². The van der Waals surface area contributed by atoms with Crippen LogP contribution in [0.4, 0.5) is 5.69 Å². The Morgan fingerprint density at radius 1 is 1.47 bits per heavy atom. The summed E-state index contributed by atoms with van der Waals surface area (Å²) in [5.74, 6) is -0.185. The van der Waals surface area contributed by atoms with Gasteiger partial charge in [0.2, 0.25) is 0 Å². The van der Waals surface area contributed by atoms with E-state index in [9.17, 15) is 13.0 Å². The van der Waals surface area contributed by atoms with E-state index < -0.39 is 15.9 Å². The van der Waals surface area contributed by atoms with E-state index in [0.717, 1.165) is 0 Å². The van der Waals surface area contributed by atoms with Crippen molar-refractivity contribution in [2.45, 2.75) is 5.75 Å². The van der Waals surface area contributed by atoms with E-state index in [4.69, 9.17) is 10.5 Å². The molecule has 2 N–H and O–H groups in total. The molecule has 0 aliphatic carbocycles. The van der Waals surface area contributed by atoms with E-state index in [0.29, 0.717) is 17.0 Å². The Hall–Kier alpha value is -0.270. The molecule has 0 aromatic heterocycles. The fourth-order valence-electron chi connectivity index (χ4n) is 1.05. The minimum atomic E-state index is -4.26. The molecule has 0 heterocycles. The third-order valence-corrected chi connectivity index (χ3v) is 2.33. The summed E-state index contributed by atoms with van der Waals surface area (Å²) in [7, 11) is -2.84. The molecule has 1 rings (SSSR count). The Bertz CT molecular complexity index is 432. The molecule has 1 aromatic rings. The van der Waals surface area contributed by atoms with E-state index >= 15 is 0 Å². The Kier molecular flexibility index (Phi) is 5.61. The maximum absolute atomic E-state index is 10.5. The van der Waals surface area contributed by atoms with Crippen LogP contribution in [0.25, 0.3) is 0 Å². The Balaban J connectivity index is 0.00000196. The van der Waals surface area contributed by atoms with Crippen LogP contribution in [-0.4, -0.2) is 20.1 Å². The molecular weight excluding hydrogens is 229 g/mol. The first-order valence-electron chi connectivity index (χ1n) is 3.78. The molecule has 0 bridgehead atoms. The molecular formula is C8H10NNaO4S. The van der Waals surface area contributed by atoms with Gasteiger partial charge < -0.3 is 15.0 Å². The predicted octanol–water partition coefficient (Wildman–Crippen LogP) is -2.67. The second-order valence-corrected chi connectivity index (χ2v) is 4.18. The van der Waals surface area contributed by atoms with E-state index in [2.05, 4.69) is 0 Å². The SMILES string of the molecule is COc1cc(CS(=O)(=O)[O-])ccc1N.[Na+]. The number of hydrogen-bond donors (Lipinski definition) is 1. The zero-order chi connectivity index (χ0) is 10.8. The van der Waals surface area contributed by atoms with E-state index in [1.54, 1.807) is 0 Å². The monoisotopic (exact) mass is 239 g/mol. The van der Waals surface area contributed by atoms with Crippen molar-refractivity contribution in [2.24, 2.45) is 0 Å². The van der Waals surface area contributed by atoms with Gasteiger partial charge in [-0.15, -0.1) is 0 Å². The topological polar surface area (TPSA) is 92.5 Å². The zero-order valence-corrected chi connectivity index (χ0v) is 11.4. The molecule has 0 radical (unpaired) electrons. The molecule has 0 aliphatic heterocycles. The van der Waals surface area contributed by atoms with Gasteiger partial charge >= 0.3 is 29.6 Å². The van der Waals surface area contributed by atoms with Crippen molar-refractivity contribution >= 4 is 15.8 Å². The number of nitrogens with two attached hydrogens (primary N) is 1.